The van der Waals surface area contributed by atoms with Crippen molar-refractivity contribution in [3.8, 4) is 0 Å². The predicted molar refractivity (Wildman–Crippen MR) is 118 cm³/mol. The monoisotopic (exact) mass is 455 g/mol. The minimum absolute atomic E-state index is 0.134. The molecular formula is C17H34N3O5PS2. The summed E-state index contributed by atoms with van der Waals surface area (Å²) in [7, 11) is 2.04. The number of hydrogen-bond donors (Lipinski definition) is 5. The first-order valence-electron chi connectivity index (χ1n) is 8.97. The molecule has 4 N–H and O–H groups in total. The second-order valence-corrected chi connectivity index (χ2v) is 11.6. The van der Waals surface area contributed by atoms with Crippen LogP contribution in [0, 0.1) is 5.41 Å². The number of hydrazine groups is 1. The number of ether oxygens (including phenoxy) is 1. The first kappa shape index (κ1) is 27.3. The normalized spacial score (nSPS) is 18.2. The summed E-state index contributed by atoms with van der Waals surface area (Å²) in [4.78, 5) is 39.6. The van der Waals surface area contributed by atoms with Gasteiger partial charge in [-0.25, -0.2) is 10.2 Å². The quantitative estimate of drug-likeness (QED) is 0.207. The second-order valence-electron chi connectivity index (χ2n) is 8.25. The van der Waals surface area contributed by atoms with Crippen molar-refractivity contribution in [3.63, 3.8) is 0 Å². The Balaban J connectivity index is 5.00. The fraction of sp³-hybridized carbons (Fsp3) is 0.824. The number of thiol groups is 1. The van der Waals surface area contributed by atoms with Crippen LogP contribution in [0.4, 0.5) is 4.79 Å². The fourth-order valence-electron chi connectivity index (χ4n) is 2.31. The molecule has 0 aromatic rings. The first-order chi connectivity index (χ1) is 12.5. The molecule has 0 aliphatic carbocycles. The number of aliphatic hydroxyl groups excluding tert-OH is 1. The van der Waals surface area contributed by atoms with Gasteiger partial charge in [0.05, 0.1) is 10.9 Å². The average molecular weight is 456 g/mol. The third-order valence-electron chi connectivity index (χ3n) is 3.90. The standard InChI is InChI=1S/C17H34N3O5PS2/c1-8-16(6,12(22)18-9-11(2)21)10-17(7,27)13(23)28(26)20-19-14(24)25-15(3,4)5/h11,20-21,26-27H,8-10H2,1-7H3,(H,18,22)(H,19,24). The molecular weight excluding hydrogens is 421 g/mol. The highest BCUT2D eigenvalue weighted by Crippen LogP contribution is 2.36. The molecule has 0 radical (unpaired) electrons. The number of nitrogens with one attached hydrogen (secondary N) is 3. The van der Waals surface area contributed by atoms with E-state index in [-0.39, 0.29) is 24.0 Å². The molecule has 4 atom stereocenters. The van der Waals surface area contributed by atoms with E-state index in [2.05, 4.69) is 36.2 Å². The number of hydrogen-bond acceptors (Lipinski definition) is 6. The lowest BCUT2D eigenvalue weighted by molar-refractivity contribution is -0.132. The Morgan fingerprint density at radius 2 is 1.75 bits per heavy atom. The van der Waals surface area contributed by atoms with Gasteiger partial charge in [0.15, 0.2) is 0 Å². The van der Waals surface area contributed by atoms with Crippen molar-refractivity contribution >= 4 is 48.0 Å². The first-order valence-corrected chi connectivity index (χ1v) is 11.9. The number of carbonyl (C=O) groups excluding carboxylic acids is 3. The smallest absolute Gasteiger partial charge is 0.422 e. The molecule has 0 saturated heterocycles. The minimum Gasteiger partial charge on any atom is -0.443 e. The van der Waals surface area contributed by atoms with E-state index >= 15 is 0 Å². The van der Waals surface area contributed by atoms with Crippen molar-refractivity contribution in [2.75, 3.05) is 6.54 Å². The van der Waals surface area contributed by atoms with Crippen LogP contribution >= 0.6 is 20.6 Å². The Hall–Kier alpha value is -0.670. The van der Waals surface area contributed by atoms with Gasteiger partial charge < -0.3 is 15.2 Å². The van der Waals surface area contributed by atoms with Gasteiger partial charge in [-0.2, -0.15) is 17.5 Å². The van der Waals surface area contributed by atoms with Gasteiger partial charge in [-0.15, -0.1) is 0 Å². The van der Waals surface area contributed by atoms with E-state index in [9.17, 15) is 19.5 Å². The van der Waals surface area contributed by atoms with Crippen LogP contribution in [0.15, 0.2) is 0 Å². The van der Waals surface area contributed by atoms with Gasteiger partial charge in [0.25, 0.3) is 0 Å². The highest BCUT2D eigenvalue weighted by molar-refractivity contribution is 8.25. The van der Waals surface area contributed by atoms with Crippen LogP contribution in [-0.2, 0) is 24.6 Å². The van der Waals surface area contributed by atoms with Crippen LogP contribution in [0.2, 0.25) is 0 Å². The topological polar surface area (TPSA) is 117 Å². The maximum atomic E-state index is 12.8. The van der Waals surface area contributed by atoms with Crippen LogP contribution in [0.25, 0.3) is 0 Å². The summed E-state index contributed by atoms with van der Waals surface area (Å²) < 4.78 is 3.94. The zero-order chi connectivity index (χ0) is 22.3. The fourth-order valence-corrected chi connectivity index (χ4v) is 4.81. The zero-order valence-electron chi connectivity index (χ0n) is 17.6. The van der Waals surface area contributed by atoms with Crippen LogP contribution in [0.3, 0.4) is 0 Å². The minimum atomic E-state index is -1.24. The lowest BCUT2D eigenvalue weighted by atomic mass is 9.78. The molecule has 0 spiro atoms. The van der Waals surface area contributed by atoms with E-state index in [1.165, 1.54) is 0 Å². The third-order valence-corrected chi connectivity index (χ3v) is 6.40. The second kappa shape index (κ2) is 10.9. The molecule has 164 valence electrons. The van der Waals surface area contributed by atoms with Crippen molar-refractivity contribution in [2.24, 2.45) is 5.41 Å². The molecule has 0 heterocycles. The Morgan fingerprint density at radius 3 is 2.18 bits per heavy atom. The Labute approximate surface area is 177 Å². The van der Waals surface area contributed by atoms with Crippen molar-refractivity contribution in [1.29, 1.82) is 0 Å². The molecule has 2 amide bonds. The summed E-state index contributed by atoms with van der Waals surface area (Å²) in [6, 6.07) is 0. The Kier molecular flexibility index (Phi) is 10.7. The van der Waals surface area contributed by atoms with Crippen LogP contribution < -0.4 is 15.6 Å². The highest BCUT2D eigenvalue weighted by atomic mass is 32.5. The largest absolute Gasteiger partial charge is 0.443 e. The van der Waals surface area contributed by atoms with Gasteiger partial charge in [0.2, 0.25) is 11.0 Å². The molecule has 28 heavy (non-hydrogen) atoms. The molecule has 0 aromatic carbocycles. The lowest BCUT2D eigenvalue weighted by Gasteiger charge is -2.34. The van der Waals surface area contributed by atoms with Gasteiger partial charge in [-0.05, 0) is 57.7 Å². The van der Waals surface area contributed by atoms with E-state index < -0.39 is 38.2 Å². The predicted octanol–water partition coefficient (Wildman–Crippen LogP) is 2.13. The third kappa shape index (κ3) is 9.69. The van der Waals surface area contributed by atoms with E-state index in [0.717, 1.165) is 0 Å². The summed E-state index contributed by atoms with van der Waals surface area (Å²) in [5, 5.41) is 11.7. The molecule has 4 unspecified atom stereocenters. The van der Waals surface area contributed by atoms with E-state index in [1.54, 1.807) is 41.5 Å². The molecule has 11 heteroatoms. The van der Waals surface area contributed by atoms with E-state index in [4.69, 9.17) is 4.74 Å². The molecule has 0 saturated carbocycles. The van der Waals surface area contributed by atoms with E-state index in [0.29, 0.717) is 6.42 Å². The van der Waals surface area contributed by atoms with Crippen molar-refractivity contribution in [1.82, 2.24) is 15.6 Å². The summed E-state index contributed by atoms with van der Waals surface area (Å²) in [5.74, 6) is -0.252. The van der Waals surface area contributed by atoms with Crippen molar-refractivity contribution in [3.05, 3.63) is 0 Å². The summed E-state index contributed by atoms with van der Waals surface area (Å²) in [6.07, 6.45) is -0.717. The lowest BCUT2D eigenvalue weighted by Crippen LogP contribution is -2.49. The SMILES string of the molecule is CCC(C)(CC(C)(S)C(=O)S(=P)NNC(=O)OC(C)(C)C)C(=O)NCC(C)O. The molecule has 0 rings (SSSR count). The Bertz CT molecular complexity index is 608. The molecule has 0 aliphatic rings. The summed E-state index contributed by atoms with van der Waals surface area (Å²) in [5.41, 5.74) is 0.798. The van der Waals surface area contributed by atoms with Gasteiger partial charge in [0.1, 0.15) is 5.60 Å². The van der Waals surface area contributed by atoms with Gasteiger partial charge in [-0.1, -0.05) is 21.9 Å². The summed E-state index contributed by atoms with van der Waals surface area (Å²) >= 11 is 4.50. The maximum absolute atomic E-state index is 12.8. The number of rotatable bonds is 9. The van der Waals surface area contributed by atoms with Crippen LogP contribution in [0.5, 0.6) is 0 Å². The molecule has 0 bridgehead atoms. The van der Waals surface area contributed by atoms with Crippen LogP contribution in [-0.4, -0.2) is 45.2 Å². The van der Waals surface area contributed by atoms with Gasteiger partial charge >= 0.3 is 6.09 Å². The van der Waals surface area contributed by atoms with E-state index in [1.807, 2.05) is 6.92 Å². The molecule has 0 fully saturated rings. The average Bonchev–Trinajstić information content (AvgIpc) is 2.54. The van der Waals surface area contributed by atoms with Crippen molar-refractivity contribution < 1.29 is 24.2 Å². The summed E-state index contributed by atoms with van der Waals surface area (Å²) in [6.45, 7) is 12.1. The number of aliphatic hydroxyl groups is 1. The highest BCUT2D eigenvalue weighted by Gasteiger charge is 2.42. The maximum Gasteiger partial charge on any atom is 0.422 e. The zero-order valence-corrected chi connectivity index (χ0v) is 20.3. The van der Waals surface area contributed by atoms with Gasteiger partial charge in [-0.3, -0.25) is 9.59 Å². The van der Waals surface area contributed by atoms with Crippen LogP contribution in [0.1, 0.15) is 61.3 Å². The number of amides is 2. The molecule has 0 aliphatic heterocycles. The van der Waals surface area contributed by atoms with Crippen molar-refractivity contribution in [2.45, 2.75) is 77.8 Å². The molecule has 0 aromatic heterocycles. The number of carbonyl (C=O) groups is 3. The Morgan fingerprint density at radius 1 is 1.21 bits per heavy atom. The molecule has 8 nitrogen and oxygen atoms in total. The van der Waals surface area contributed by atoms with Gasteiger partial charge in [0, 0.05) is 12.0 Å².